The minimum atomic E-state index is -0.380. The number of hydrogen-bond donors (Lipinski definition) is 1. The van der Waals surface area contributed by atoms with Crippen molar-refractivity contribution in [2.75, 3.05) is 33.1 Å². The van der Waals surface area contributed by atoms with Crippen molar-refractivity contribution in [3.05, 3.63) is 23.3 Å². The zero-order valence-electron chi connectivity index (χ0n) is 12.1. The summed E-state index contributed by atoms with van der Waals surface area (Å²) in [5.74, 6) is 1.84. The fourth-order valence-corrected chi connectivity index (χ4v) is 3.10. The van der Waals surface area contributed by atoms with Crippen LogP contribution in [0.15, 0.2) is 17.1 Å². The highest BCUT2D eigenvalue weighted by Gasteiger charge is 2.25. The molecule has 2 rings (SSSR count). The van der Waals surface area contributed by atoms with Gasteiger partial charge in [-0.1, -0.05) is 0 Å². The molecular weight excluding hydrogens is 288 g/mol. The van der Waals surface area contributed by atoms with Crippen LogP contribution in [-0.4, -0.2) is 49.2 Å². The van der Waals surface area contributed by atoms with Crippen LogP contribution in [0.3, 0.4) is 0 Å². The summed E-state index contributed by atoms with van der Waals surface area (Å²) in [6, 6.07) is 6.10. The van der Waals surface area contributed by atoms with Crippen molar-refractivity contribution < 1.29 is 14.6 Å². The van der Waals surface area contributed by atoms with Crippen molar-refractivity contribution in [3.8, 4) is 17.6 Å². The normalized spacial score (nSPS) is 14.7. The molecule has 1 atom stereocenters. The maximum absolute atomic E-state index is 9.37. The van der Waals surface area contributed by atoms with E-state index in [0.29, 0.717) is 23.8 Å². The van der Waals surface area contributed by atoms with Crippen molar-refractivity contribution in [1.29, 1.82) is 5.26 Å². The van der Waals surface area contributed by atoms with Gasteiger partial charge in [0.05, 0.1) is 32.6 Å². The number of hydrogen-bond acceptors (Lipinski definition) is 6. The van der Waals surface area contributed by atoms with E-state index in [1.54, 1.807) is 14.2 Å². The number of aliphatic hydroxyl groups is 1. The number of nitriles is 1. The largest absolute Gasteiger partial charge is 0.493 e. The van der Waals surface area contributed by atoms with Gasteiger partial charge in [-0.25, -0.2) is 0 Å². The zero-order valence-corrected chi connectivity index (χ0v) is 12.9. The number of rotatable bonds is 6. The summed E-state index contributed by atoms with van der Waals surface area (Å²) in [4.78, 5) is 4.52. The van der Waals surface area contributed by atoms with Gasteiger partial charge in [-0.2, -0.15) is 5.26 Å². The molecule has 5 nitrogen and oxygen atoms in total. The van der Waals surface area contributed by atoms with Gasteiger partial charge in [0.15, 0.2) is 11.5 Å². The highest BCUT2D eigenvalue weighted by molar-refractivity contribution is 8.00. The molecule has 0 aliphatic carbocycles. The van der Waals surface area contributed by atoms with E-state index in [0.717, 1.165) is 23.3 Å². The van der Waals surface area contributed by atoms with Gasteiger partial charge >= 0.3 is 0 Å². The SMILES string of the molecule is COc1cc2c(cc1OC)C(C(C#N)SCCO)=NCC2. The molecule has 0 aromatic heterocycles. The molecule has 6 heteroatoms. The maximum Gasteiger partial charge on any atom is 0.161 e. The van der Waals surface area contributed by atoms with E-state index in [9.17, 15) is 5.26 Å². The molecule has 0 amide bonds. The lowest BCUT2D eigenvalue weighted by atomic mass is 9.95. The summed E-state index contributed by atoms with van der Waals surface area (Å²) in [6.07, 6.45) is 0.821. The highest BCUT2D eigenvalue weighted by Crippen LogP contribution is 2.34. The molecule has 1 aliphatic heterocycles. The van der Waals surface area contributed by atoms with Crippen LogP contribution in [0.1, 0.15) is 11.1 Å². The van der Waals surface area contributed by atoms with Gasteiger partial charge in [0.1, 0.15) is 5.25 Å². The average Bonchev–Trinajstić information content (AvgIpc) is 2.54. The van der Waals surface area contributed by atoms with Crippen LogP contribution in [0.25, 0.3) is 0 Å². The predicted molar refractivity (Wildman–Crippen MR) is 83.6 cm³/mol. The lowest BCUT2D eigenvalue weighted by Crippen LogP contribution is -2.23. The van der Waals surface area contributed by atoms with Crippen LogP contribution in [0.5, 0.6) is 11.5 Å². The Morgan fingerprint density at radius 1 is 1.38 bits per heavy atom. The Morgan fingerprint density at radius 2 is 2.10 bits per heavy atom. The maximum atomic E-state index is 9.37. The fraction of sp³-hybridized carbons (Fsp3) is 0.467. The third-order valence-corrected chi connectivity index (χ3v) is 4.37. The van der Waals surface area contributed by atoms with Gasteiger partial charge < -0.3 is 14.6 Å². The van der Waals surface area contributed by atoms with Gasteiger partial charge in [0.2, 0.25) is 0 Å². The Labute approximate surface area is 128 Å². The Bertz CT molecular complexity index is 581. The third kappa shape index (κ3) is 3.31. The van der Waals surface area contributed by atoms with Crippen molar-refractivity contribution in [2.45, 2.75) is 11.7 Å². The smallest absolute Gasteiger partial charge is 0.161 e. The van der Waals surface area contributed by atoms with Gasteiger partial charge in [0, 0.05) is 17.9 Å². The molecule has 1 aromatic carbocycles. The van der Waals surface area contributed by atoms with Crippen LogP contribution < -0.4 is 9.47 Å². The number of fused-ring (bicyclic) bond motifs is 1. The molecule has 0 fully saturated rings. The first kappa shape index (κ1) is 15.7. The van der Waals surface area contributed by atoms with E-state index < -0.39 is 0 Å². The van der Waals surface area contributed by atoms with Crippen molar-refractivity contribution in [3.63, 3.8) is 0 Å². The van der Waals surface area contributed by atoms with Crippen LogP contribution in [-0.2, 0) is 6.42 Å². The van der Waals surface area contributed by atoms with E-state index in [4.69, 9.17) is 14.6 Å². The monoisotopic (exact) mass is 306 g/mol. The number of benzene rings is 1. The Morgan fingerprint density at radius 3 is 2.71 bits per heavy atom. The molecule has 1 heterocycles. The number of aliphatic imine (C=N–C) groups is 1. The van der Waals surface area contributed by atoms with Crippen molar-refractivity contribution in [2.24, 2.45) is 4.99 Å². The fourth-order valence-electron chi connectivity index (χ4n) is 2.32. The molecule has 0 saturated carbocycles. The van der Waals surface area contributed by atoms with Gasteiger partial charge in [0.25, 0.3) is 0 Å². The molecule has 0 saturated heterocycles. The number of nitrogens with zero attached hydrogens (tertiary/aromatic N) is 2. The molecular formula is C15H18N2O3S. The average molecular weight is 306 g/mol. The van der Waals surface area contributed by atoms with Gasteiger partial charge in [-0.05, 0) is 24.1 Å². The van der Waals surface area contributed by atoms with Gasteiger partial charge in [-0.15, -0.1) is 11.8 Å². The third-order valence-electron chi connectivity index (χ3n) is 3.29. The first-order chi connectivity index (χ1) is 10.2. The highest BCUT2D eigenvalue weighted by atomic mass is 32.2. The van der Waals surface area contributed by atoms with Gasteiger partial charge in [-0.3, -0.25) is 4.99 Å². The van der Waals surface area contributed by atoms with Crippen LogP contribution in [0.4, 0.5) is 0 Å². The molecule has 1 unspecified atom stereocenters. The second-order valence-electron chi connectivity index (χ2n) is 4.48. The summed E-state index contributed by atoms with van der Waals surface area (Å²) in [5.41, 5.74) is 2.82. The summed E-state index contributed by atoms with van der Waals surface area (Å²) in [7, 11) is 3.20. The molecule has 0 spiro atoms. The molecule has 0 bridgehead atoms. The number of aliphatic hydroxyl groups excluding tert-OH is 1. The summed E-state index contributed by atoms with van der Waals surface area (Å²) >= 11 is 1.40. The van der Waals surface area contributed by atoms with Crippen molar-refractivity contribution >= 4 is 17.5 Å². The number of methoxy groups -OCH3 is 2. The molecule has 1 N–H and O–H groups in total. The molecule has 0 radical (unpaired) electrons. The van der Waals surface area contributed by atoms with E-state index in [1.165, 1.54) is 11.8 Å². The second-order valence-corrected chi connectivity index (χ2v) is 5.70. The number of thioether (sulfide) groups is 1. The summed E-state index contributed by atoms with van der Waals surface area (Å²) in [5, 5.41) is 17.9. The van der Waals surface area contributed by atoms with E-state index in [2.05, 4.69) is 11.1 Å². The lowest BCUT2D eigenvalue weighted by Gasteiger charge is -2.22. The molecule has 112 valence electrons. The first-order valence-electron chi connectivity index (χ1n) is 6.66. The quantitative estimate of drug-likeness (QED) is 0.865. The first-order valence-corrected chi connectivity index (χ1v) is 7.71. The van der Waals surface area contributed by atoms with E-state index in [-0.39, 0.29) is 11.9 Å². The Hall–Kier alpha value is -1.71. The Balaban J connectivity index is 2.40. The zero-order chi connectivity index (χ0) is 15.2. The molecule has 1 aromatic rings. The van der Waals surface area contributed by atoms with Crippen LogP contribution >= 0.6 is 11.8 Å². The second kappa shape index (κ2) is 7.34. The standard InChI is InChI=1S/C15H18N2O3S/c1-19-12-7-10-3-4-17-15(11(10)8-13(12)20-2)14(9-16)21-6-5-18/h7-8,14,18H,3-6H2,1-2H3. The summed E-state index contributed by atoms with van der Waals surface area (Å²) in [6.45, 7) is 0.713. The predicted octanol–water partition coefficient (Wildman–Crippen LogP) is 1.67. The van der Waals surface area contributed by atoms with E-state index >= 15 is 0 Å². The van der Waals surface area contributed by atoms with Crippen molar-refractivity contribution in [1.82, 2.24) is 0 Å². The molecule has 21 heavy (non-hydrogen) atoms. The van der Waals surface area contributed by atoms with E-state index in [1.807, 2.05) is 12.1 Å². The topological polar surface area (TPSA) is 74.8 Å². The molecule has 1 aliphatic rings. The lowest BCUT2D eigenvalue weighted by molar-refractivity contribution is 0.322. The minimum Gasteiger partial charge on any atom is -0.493 e. The number of ether oxygens (including phenoxy) is 2. The van der Waals surface area contributed by atoms with Crippen LogP contribution in [0.2, 0.25) is 0 Å². The van der Waals surface area contributed by atoms with Crippen LogP contribution in [0, 0.1) is 11.3 Å². The minimum absolute atomic E-state index is 0.0505. The Kier molecular flexibility index (Phi) is 5.48. The summed E-state index contributed by atoms with van der Waals surface area (Å²) < 4.78 is 10.7.